The molecule has 1 aliphatic rings. The molecule has 1 aliphatic heterocycles. The fraction of sp³-hybridized carbons (Fsp3) is 0.444. The van der Waals surface area contributed by atoms with Gasteiger partial charge in [-0.25, -0.2) is 4.98 Å². The van der Waals surface area contributed by atoms with E-state index in [1.54, 1.807) is 13.3 Å². The summed E-state index contributed by atoms with van der Waals surface area (Å²) in [5.41, 5.74) is 1.67. The zero-order valence-corrected chi connectivity index (χ0v) is 14.5. The smallest absolute Gasteiger partial charge is 0.309 e. The summed E-state index contributed by atoms with van der Waals surface area (Å²) in [7, 11) is 1.64. The second kappa shape index (κ2) is 7.92. The summed E-state index contributed by atoms with van der Waals surface area (Å²) in [5.74, 6) is 1.22. The molecule has 2 aromatic rings. The van der Waals surface area contributed by atoms with E-state index in [4.69, 9.17) is 9.47 Å². The number of esters is 1. The average Bonchev–Trinajstić information content (AvgIpc) is 2.68. The summed E-state index contributed by atoms with van der Waals surface area (Å²) in [5, 5.41) is 8.24. The highest BCUT2D eigenvalue weighted by atomic mass is 16.5. The molecule has 0 N–H and O–H groups in total. The fourth-order valence-corrected chi connectivity index (χ4v) is 2.92. The van der Waals surface area contributed by atoms with Crippen LogP contribution in [-0.4, -0.2) is 48.0 Å². The largest absolute Gasteiger partial charge is 0.497 e. The molecule has 0 unspecified atom stereocenters. The van der Waals surface area contributed by atoms with Gasteiger partial charge in [-0.15, -0.1) is 5.10 Å². The number of piperidine rings is 1. The summed E-state index contributed by atoms with van der Waals surface area (Å²) >= 11 is 0. The van der Waals surface area contributed by atoms with E-state index >= 15 is 0 Å². The van der Waals surface area contributed by atoms with Crippen molar-refractivity contribution in [3.63, 3.8) is 0 Å². The molecule has 0 amide bonds. The standard InChI is InChI=1S/C18H22N4O3/c1-3-25-17(23)13-7-9-22(10-8-13)18-20-16(12-19-21-18)14-5-4-6-15(11-14)24-2/h4-6,11-13H,3,7-10H2,1-2H3. The first-order valence-electron chi connectivity index (χ1n) is 8.47. The second-order valence-corrected chi connectivity index (χ2v) is 5.89. The number of hydrogen-bond donors (Lipinski definition) is 0. The Morgan fingerprint density at radius 3 is 2.84 bits per heavy atom. The summed E-state index contributed by atoms with van der Waals surface area (Å²) in [6, 6.07) is 7.68. The summed E-state index contributed by atoms with van der Waals surface area (Å²) in [6.45, 7) is 3.69. The number of ether oxygens (including phenoxy) is 2. The zero-order chi connectivity index (χ0) is 17.6. The van der Waals surface area contributed by atoms with E-state index in [9.17, 15) is 4.79 Å². The summed E-state index contributed by atoms with van der Waals surface area (Å²) in [6.07, 6.45) is 3.13. The van der Waals surface area contributed by atoms with Gasteiger partial charge < -0.3 is 14.4 Å². The highest BCUT2D eigenvalue weighted by Crippen LogP contribution is 2.25. The number of nitrogens with zero attached hydrogens (tertiary/aromatic N) is 4. The van der Waals surface area contributed by atoms with Crippen molar-refractivity contribution in [1.82, 2.24) is 15.2 Å². The molecule has 2 heterocycles. The molecule has 1 aromatic heterocycles. The number of benzene rings is 1. The van der Waals surface area contributed by atoms with Crippen LogP contribution in [0.4, 0.5) is 5.95 Å². The number of carbonyl (C=O) groups excluding carboxylic acids is 1. The SMILES string of the molecule is CCOC(=O)C1CCN(c2nncc(-c3cccc(OC)c3)n2)CC1. The van der Waals surface area contributed by atoms with Gasteiger partial charge in [-0.05, 0) is 31.9 Å². The number of hydrogen-bond acceptors (Lipinski definition) is 7. The highest BCUT2D eigenvalue weighted by molar-refractivity contribution is 5.72. The van der Waals surface area contributed by atoms with Crippen LogP contribution in [0.1, 0.15) is 19.8 Å². The first kappa shape index (κ1) is 17.1. The Balaban J connectivity index is 1.71. The van der Waals surface area contributed by atoms with Crippen molar-refractivity contribution in [2.45, 2.75) is 19.8 Å². The van der Waals surface area contributed by atoms with Gasteiger partial charge in [-0.2, -0.15) is 5.10 Å². The van der Waals surface area contributed by atoms with Crippen molar-refractivity contribution < 1.29 is 14.3 Å². The lowest BCUT2D eigenvalue weighted by Gasteiger charge is -2.30. The van der Waals surface area contributed by atoms with Crippen molar-refractivity contribution in [3.8, 4) is 17.0 Å². The molecule has 3 rings (SSSR count). The zero-order valence-electron chi connectivity index (χ0n) is 14.5. The monoisotopic (exact) mass is 342 g/mol. The minimum Gasteiger partial charge on any atom is -0.497 e. The lowest BCUT2D eigenvalue weighted by molar-refractivity contribution is -0.148. The molecule has 7 heteroatoms. The molecule has 0 radical (unpaired) electrons. The van der Waals surface area contributed by atoms with Crippen molar-refractivity contribution in [2.24, 2.45) is 5.92 Å². The van der Waals surface area contributed by atoms with E-state index < -0.39 is 0 Å². The van der Waals surface area contributed by atoms with Crippen LogP contribution in [0.5, 0.6) is 5.75 Å². The molecule has 25 heavy (non-hydrogen) atoms. The Morgan fingerprint density at radius 1 is 1.32 bits per heavy atom. The van der Waals surface area contributed by atoms with Crippen LogP contribution < -0.4 is 9.64 Å². The molecule has 0 bridgehead atoms. The third-order valence-electron chi connectivity index (χ3n) is 4.31. The van der Waals surface area contributed by atoms with Gasteiger partial charge in [0.1, 0.15) is 5.75 Å². The van der Waals surface area contributed by atoms with Crippen LogP contribution in [0.15, 0.2) is 30.5 Å². The molecule has 1 aromatic carbocycles. The summed E-state index contributed by atoms with van der Waals surface area (Å²) < 4.78 is 10.4. The third kappa shape index (κ3) is 4.04. The van der Waals surface area contributed by atoms with Gasteiger partial charge in [0.05, 0.1) is 31.5 Å². The van der Waals surface area contributed by atoms with E-state index in [1.165, 1.54) is 0 Å². The maximum absolute atomic E-state index is 11.8. The van der Waals surface area contributed by atoms with E-state index in [2.05, 4.69) is 20.1 Å². The number of methoxy groups -OCH3 is 1. The molecule has 7 nitrogen and oxygen atoms in total. The second-order valence-electron chi connectivity index (χ2n) is 5.89. The Hall–Kier alpha value is -2.70. The average molecular weight is 342 g/mol. The van der Waals surface area contributed by atoms with E-state index in [-0.39, 0.29) is 11.9 Å². The Kier molecular flexibility index (Phi) is 5.42. The lowest BCUT2D eigenvalue weighted by Crippen LogP contribution is -2.38. The van der Waals surface area contributed by atoms with Crippen molar-refractivity contribution >= 4 is 11.9 Å². The number of anilines is 1. The number of rotatable bonds is 5. The van der Waals surface area contributed by atoms with Crippen LogP contribution in [0.3, 0.4) is 0 Å². The number of carbonyl (C=O) groups is 1. The predicted molar refractivity (Wildman–Crippen MR) is 93.4 cm³/mol. The summed E-state index contributed by atoms with van der Waals surface area (Å²) in [4.78, 5) is 18.5. The van der Waals surface area contributed by atoms with Gasteiger partial charge in [0.2, 0.25) is 5.95 Å². The normalized spacial score (nSPS) is 15.0. The molecule has 1 fully saturated rings. The Morgan fingerprint density at radius 2 is 2.12 bits per heavy atom. The van der Waals surface area contributed by atoms with Gasteiger partial charge in [0, 0.05) is 18.7 Å². The maximum Gasteiger partial charge on any atom is 0.309 e. The van der Waals surface area contributed by atoms with Gasteiger partial charge in [-0.3, -0.25) is 4.79 Å². The quantitative estimate of drug-likeness (QED) is 0.772. The van der Waals surface area contributed by atoms with Crippen LogP contribution >= 0.6 is 0 Å². The van der Waals surface area contributed by atoms with E-state index in [0.29, 0.717) is 25.6 Å². The van der Waals surface area contributed by atoms with Gasteiger partial charge in [0.25, 0.3) is 0 Å². The minimum absolute atomic E-state index is 0.0364. The first-order valence-corrected chi connectivity index (χ1v) is 8.47. The predicted octanol–water partition coefficient (Wildman–Crippen LogP) is 2.33. The van der Waals surface area contributed by atoms with Crippen LogP contribution in [0.2, 0.25) is 0 Å². The highest BCUT2D eigenvalue weighted by Gasteiger charge is 2.27. The molecule has 0 aliphatic carbocycles. The van der Waals surface area contributed by atoms with Crippen molar-refractivity contribution in [2.75, 3.05) is 31.7 Å². The molecule has 0 atom stereocenters. The lowest BCUT2D eigenvalue weighted by atomic mass is 9.97. The first-order chi connectivity index (χ1) is 12.2. The van der Waals surface area contributed by atoms with E-state index in [0.717, 1.165) is 29.8 Å². The van der Waals surface area contributed by atoms with Crippen LogP contribution in [0.25, 0.3) is 11.3 Å². The van der Waals surface area contributed by atoms with Crippen LogP contribution in [0, 0.1) is 5.92 Å². The molecule has 0 spiro atoms. The van der Waals surface area contributed by atoms with E-state index in [1.807, 2.05) is 31.2 Å². The van der Waals surface area contributed by atoms with Crippen LogP contribution in [-0.2, 0) is 9.53 Å². The number of aromatic nitrogens is 3. The third-order valence-corrected chi connectivity index (χ3v) is 4.31. The molecule has 0 saturated carbocycles. The fourth-order valence-electron chi connectivity index (χ4n) is 2.92. The van der Waals surface area contributed by atoms with Gasteiger partial charge in [-0.1, -0.05) is 12.1 Å². The molecule has 132 valence electrons. The van der Waals surface area contributed by atoms with Crippen molar-refractivity contribution in [1.29, 1.82) is 0 Å². The molecular formula is C18H22N4O3. The molecule has 1 saturated heterocycles. The topological polar surface area (TPSA) is 77.4 Å². The minimum atomic E-state index is -0.105. The Labute approximate surface area is 147 Å². The van der Waals surface area contributed by atoms with Crippen molar-refractivity contribution in [3.05, 3.63) is 30.5 Å². The maximum atomic E-state index is 11.8. The Bertz CT molecular complexity index is 730. The van der Waals surface area contributed by atoms with Gasteiger partial charge >= 0.3 is 5.97 Å². The molecular weight excluding hydrogens is 320 g/mol. The van der Waals surface area contributed by atoms with Gasteiger partial charge in [0.15, 0.2) is 0 Å².